The second-order valence-electron chi connectivity index (χ2n) is 4.35. The van der Waals surface area contributed by atoms with Gasteiger partial charge >= 0.3 is 0 Å². The van der Waals surface area contributed by atoms with Crippen LogP contribution in [0.15, 0.2) is 24.3 Å². The maximum Gasteiger partial charge on any atom is 0.228 e. The van der Waals surface area contributed by atoms with E-state index in [0.717, 1.165) is 30.8 Å². The Morgan fingerprint density at radius 3 is 2.67 bits per heavy atom. The van der Waals surface area contributed by atoms with Gasteiger partial charge in [0.1, 0.15) is 0 Å². The van der Waals surface area contributed by atoms with Crippen molar-refractivity contribution in [1.29, 1.82) is 0 Å². The third-order valence-corrected chi connectivity index (χ3v) is 3.05. The molecule has 1 atom stereocenters. The maximum atomic E-state index is 11.8. The third kappa shape index (κ3) is 3.98. The highest BCUT2D eigenvalue weighted by molar-refractivity contribution is 5.92. The molecule has 0 spiro atoms. The molecule has 1 saturated heterocycles. The van der Waals surface area contributed by atoms with E-state index in [1.807, 2.05) is 24.3 Å². The molecule has 0 aromatic heterocycles. The number of hydrogen-bond donors (Lipinski definition) is 3. The number of carbonyl (C=O) groups excluding carboxylic acids is 1. The minimum atomic E-state index is 0. The van der Waals surface area contributed by atoms with Crippen LogP contribution in [0, 0.1) is 5.92 Å². The number of halogens is 1. The summed E-state index contributed by atoms with van der Waals surface area (Å²) in [6.07, 6.45) is 1.56. The van der Waals surface area contributed by atoms with Crippen LogP contribution in [0.3, 0.4) is 0 Å². The lowest BCUT2D eigenvalue weighted by Crippen LogP contribution is -2.24. The van der Waals surface area contributed by atoms with E-state index in [0.29, 0.717) is 6.42 Å². The molecule has 1 aliphatic rings. The van der Waals surface area contributed by atoms with Gasteiger partial charge in [0, 0.05) is 18.8 Å². The van der Waals surface area contributed by atoms with Crippen LogP contribution in [0.5, 0.6) is 0 Å². The van der Waals surface area contributed by atoms with E-state index in [9.17, 15) is 4.79 Å². The molecule has 2 rings (SSSR count). The maximum absolute atomic E-state index is 11.8. The second kappa shape index (κ2) is 7.36. The summed E-state index contributed by atoms with van der Waals surface area (Å²) in [5.74, 6) is 0.178. The highest BCUT2D eigenvalue weighted by Gasteiger charge is 2.22. The Morgan fingerprint density at radius 1 is 1.39 bits per heavy atom. The van der Waals surface area contributed by atoms with Crippen molar-refractivity contribution in [3.8, 4) is 0 Å². The van der Waals surface area contributed by atoms with E-state index in [2.05, 4.69) is 10.6 Å². The van der Waals surface area contributed by atoms with Crippen molar-refractivity contribution in [1.82, 2.24) is 5.32 Å². The van der Waals surface area contributed by atoms with Crippen LogP contribution < -0.4 is 10.6 Å². The second-order valence-corrected chi connectivity index (χ2v) is 4.35. The fourth-order valence-electron chi connectivity index (χ4n) is 2.01. The van der Waals surface area contributed by atoms with E-state index in [1.165, 1.54) is 0 Å². The van der Waals surface area contributed by atoms with Gasteiger partial charge in [-0.15, -0.1) is 12.4 Å². The van der Waals surface area contributed by atoms with E-state index < -0.39 is 0 Å². The molecule has 1 heterocycles. The molecule has 0 saturated carbocycles. The molecule has 18 heavy (non-hydrogen) atoms. The minimum Gasteiger partial charge on any atom is -0.396 e. The van der Waals surface area contributed by atoms with Crippen molar-refractivity contribution in [2.45, 2.75) is 12.8 Å². The summed E-state index contributed by atoms with van der Waals surface area (Å²) in [6.45, 7) is 1.85. The summed E-state index contributed by atoms with van der Waals surface area (Å²) < 4.78 is 0. The number of rotatable bonds is 4. The van der Waals surface area contributed by atoms with E-state index in [-0.39, 0.29) is 30.8 Å². The molecule has 1 fully saturated rings. The molecule has 0 aliphatic carbocycles. The monoisotopic (exact) mass is 270 g/mol. The van der Waals surface area contributed by atoms with Gasteiger partial charge in [-0.25, -0.2) is 0 Å². The molecule has 1 aliphatic heterocycles. The molecular weight excluding hydrogens is 252 g/mol. The van der Waals surface area contributed by atoms with Crippen LogP contribution in [0.4, 0.5) is 5.69 Å². The lowest BCUT2D eigenvalue weighted by Gasteiger charge is -2.10. The zero-order valence-electron chi connectivity index (χ0n) is 10.2. The summed E-state index contributed by atoms with van der Waals surface area (Å²) in [5, 5.41) is 14.9. The zero-order valence-corrected chi connectivity index (χ0v) is 11.0. The molecule has 0 radical (unpaired) electrons. The molecule has 0 bridgehead atoms. The molecule has 1 amide bonds. The first-order valence-corrected chi connectivity index (χ1v) is 6.01. The Bertz CT molecular complexity index is 375. The van der Waals surface area contributed by atoms with Gasteiger partial charge in [-0.2, -0.15) is 0 Å². The van der Waals surface area contributed by atoms with Crippen molar-refractivity contribution < 1.29 is 9.90 Å². The largest absolute Gasteiger partial charge is 0.396 e. The molecule has 3 N–H and O–H groups in total. The van der Waals surface area contributed by atoms with Crippen molar-refractivity contribution in [3.05, 3.63) is 29.8 Å². The topological polar surface area (TPSA) is 61.4 Å². The van der Waals surface area contributed by atoms with E-state index in [4.69, 9.17) is 5.11 Å². The number of anilines is 1. The first-order valence-electron chi connectivity index (χ1n) is 6.01. The van der Waals surface area contributed by atoms with Crippen LogP contribution in [-0.4, -0.2) is 30.7 Å². The quantitative estimate of drug-likeness (QED) is 0.770. The predicted octanol–water partition coefficient (Wildman–Crippen LogP) is 1.19. The first-order chi connectivity index (χ1) is 8.29. The van der Waals surface area contributed by atoms with Gasteiger partial charge in [-0.1, -0.05) is 12.1 Å². The van der Waals surface area contributed by atoms with Gasteiger partial charge in [0.25, 0.3) is 0 Å². The first kappa shape index (κ1) is 15.0. The Hall–Kier alpha value is -1.10. The van der Waals surface area contributed by atoms with Crippen LogP contribution in [-0.2, 0) is 11.2 Å². The normalized spacial score (nSPS) is 18.2. The van der Waals surface area contributed by atoms with Crippen molar-refractivity contribution >= 4 is 24.0 Å². The van der Waals surface area contributed by atoms with Gasteiger partial charge < -0.3 is 15.7 Å². The standard InChI is InChI=1S/C13H18N2O2.ClH/c16-8-6-10-1-3-12(4-2-10)15-13(17)11-5-7-14-9-11;/h1-4,11,14,16H,5-9H2,(H,15,17);1H. The number of carbonyl (C=O) groups is 1. The number of aliphatic hydroxyl groups excluding tert-OH is 1. The molecule has 4 nitrogen and oxygen atoms in total. The number of aliphatic hydroxyl groups is 1. The van der Waals surface area contributed by atoms with Gasteiger partial charge in [-0.3, -0.25) is 4.79 Å². The molecular formula is C13H19ClN2O2. The Labute approximate surface area is 113 Å². The molecule has 1 aromatic rings. The fraction of sp³-hybridized carbons (Fsp3) is 0.462. The summed E-state index contributed by atoms with van der Waals surface area (Å²) in [6, 6.07) is 7.62. The number of hydrogen-bond acceptors (Lipinski definition) is 3. The minimum absolute atomic E-state index is 0. The van der Waals surface area contributed by atoms with E-state index >= 15 is 0 Å². The summed E-state index contributed by atoms with van der Waals surface area (Å²) in [5.41, 5.74) is 1.90. The molecule has 100 valence electrons. The van der Waals surface area contributed by atoms with Gasteiger partial charge in [0.15, 0.2) is 0 Å². The van der Waals surface area contributed by atoms with Crippen LogP contribution in [0.25, 0.3) is 0 Å². The lowest BCUT2D eigenvalue weighted by atomic mass is 10.1. The van der Waals surface area contributed by atoms with E-state index in [1.54, 1.807) is 0 Å². The molecule has 1 unspecified atom stereocenters. The van der Waals surface area contributed by atoms with Gasteiger partial charge in [-0.05, 0) is 37.1 Å². The number of benzene rings is 1. The number of nitrogens with one attached hydrogen (secondary N) is 2. The SMILES string of the molecule is Cl.O=C(Nc1ccc(CCO)cc1)C1CCNC1. The number of amides is 1. The average Bonchev–Trinajstić information content (AvgIpc) is 2.86. The van der Waals surface area contributed by atoms with Gasteiger partial charge in [0.05, 0.1) is 5.92 Å². The Morgan fingerprint density at radius 2 is 2.11 bits per heavy atom. The Balaban J connectivity index is 0.00000162. The summed E-state index contributed by atoms with van der Waals surface area (Å²) in [4.78, 5) is 11.8. The zero-order chi connectivity index (χ0) is 12.1. The van der Waals surface area contributed by atoms with Crippen molar-refractivity contribution in [2.75, 3.05) is 25.0 Å². The lowest BCUT2D eigenvalue weighted by molar-refractivity contribution is -0.119. The van der Waals surface area contributed by atoms with Crippen molar-refractivity contribution in [2.24, 2.45) is 5.92 Å². The summed E-state index contributed by atoms with van der Waals surface area (Å²) in [7, 11) is 0. The third-order valence-electron chi connectivity index (χ3n) is 3.05. The molecule has 1 aromatic carbocycles. The van der Waals surface area contributed by atoms with Gasteiger partial charge in [0.2, 0.25) is 5.91 Å². The Kier molecular flexibility index (Phi) is 6.12. The van der Waals surface area contributed by atoms with Crippen LogP contribution in [0.2, 0.25) is 0 Å². The fourth-order valence-corrected chi connectivity index (χ4v) is 2.01. The van der Waals surface area contributed by atoms with Crippen LogP contribution in [0.1, 0.15) is 12.0 Å². The van der Waals surface area contributed by atoms with Crippen molar-refractivity contribution in [3.63, 3.8) is 0 Å². The summed E-state index contributed by atoms with van der Waals surface area (Å²) >= 11 is 0. The predicted molar refractivity (Wildman–Crippen MR) is 74.1 cm³/mol. The average molecular weight is 271 g/mol. The molecule has 5 heteroatoms. The van der Waals surface area contributed by atoms with Crippen LogP contribution >= 0.6 is 12.4 Å². The smallest absolute Gasteiger partial charge is 0.228 e. The highest BCUT2D eigenvalue weighted by atomic mass is 35.5. The highest BCUT2D eigenvalue weighted by Crippen LogP contribution is 2.14.